The molecule has 0 bridgehead atoms. The highest BCUT2D eigenvalue weighted by Gasteiger charge is 2.13. The third kappa shape index (κ3) is 6.33. The highest BCUT2D eigenvalue weighted by Crippen LogP contribution is 2.29. The van der Waals surface area contributed by atoms with Crippen molar-refractivity contribution < 1.29 is 23.7 Å². The van der Waals surface area contributed by atoms with Gasteiger partial charge in [0.25, 0.3) is 0 Å². The minimum atomic E-state index is -0.451. The lowest BCUT2D eigenvalue weighted by Crippen LogP contribution is -2.15. The predicted octanol–water partition coefficient (Wildman–Crippen LogP) is 6.49. The molecule has 0 aliphatic carbocycles. The summed E-state index contributed by atoms with van der Waals surface area (Å²) in [4.78, 5) is 21.2. The molecule has 7 nitrogen and oxygen atoms in total. The molecule has 39 heavy (non-hydrogen) atoms. The van der Waals surface area contributed by atoms with Gasteiger partial charge < -0.3 is 18.9 Å². The maximum atomic E-state index is 11.9. The molecule has 0 radical (unpaired) electrons. The number of fused-ring (bicyclic) bond motifs is 1. The molecule has 1 aromatic heterocycles. The standard InChI is InChI=1S/C32H28N2O5/c1-3-37-31(35)21-39-30-19-28(22-9-5-4-6-10-22)33-32(34-30)25-14-13-24-18-27(16-15-23(24)17-25)38-20-26-11-7-8-12-29(26)36-2/h4-19H,3,20-21H2,1-2H3. The van der Waals surface area contributed by atoms with Crippen LogP contribution in [-0.4, -0.2) is 36.3 Å². The van der Waals surface area contributed by atoms with Gasteiger partial charge in [0, 0.05) is 22.8 Å². The van der Waals surface area contributed by atoms with Crippen LogP contribution in [-0.2, 0) is 16.1 Å². The van der Waals surface area contributed by atoms with Crippen LogP contribution in [0.2, 0.25) is 0 Å². The van der Waals surface area contributed by atoms with Crippen molar-refractivity contribution >= 4 is 16.7 Å². The molecule has 0 saturated carbocycles. The summed E-state index contributed by atoms with van der Waals surface area (Å²) in [6, 6.07) is 31.3. The van der Waals surface area contributed by atoms with Gasteiger partial charge in [0.2, 0.25) is 5.88 Å². The largest absolute Gasteiger partial charge is 0.496 e. The topological polar surface area (TPSA) is 79.8 Å². The number of para-hydroxylation sites is 1. The summed E-state index contributed by atoms with van der Waals surface area (Å²) >= 11 is 0. The Hall–Kier alpha value is -4.91. The van der Waals surface area contributed by atoms with Crippen molar-refractivity contribution in [2.45, 2.75) is 13.5 Å². The summed E-state index contributed by atoms with van der Waals surface area (Å²) < 4.78 is 22.1. The van der Waals surface area contributed by atoms with E-state index in [0.29, 0.717) is 24.0 Å². The van der Waals surface area contributed by atoms with Crippen LogP contribution in [0.5, 0.6) is 17.4 Å². The van der Waals surface area contributed by atoms with E-state index in [-0.39, 0.29) is 13.2 Å². The molecule has 5 aromatic rings. The first-order valence-electron chi connectivity index (χ1n) is 12.6. The van der Waals surface area contributed by atoms with Gasteiger partial charge in [-0.2, -0.15) is 4.98 Å². The number of hydrogen-bond donors (Lipinski definition) is 0. The van der Waals surface area contributed by atoms with Crippen LogP contribution in [0.4, 0.5) is 0 Å². The number of esters is 1. The summed E-state index contributed by atoms with van der Waals surface area (Å²) in [5.74, 6) is 1.90. The van der Waals surface area contributed by atoms with Crippen molar-refractivity contribution in [3.63, 3.8) is 0 Å². The van der Waals surface area contributed by atoms with Gasteiger partial charge in [-0.3, -0.25) is 0 Å². The van der Waals surface area contributed by atoms with Gasteiger partial charge >= 0.3 is 5.97 Å². The Kier molecular flexibility index (Phi) is 7.98. The lowest BCUT2D eigenvalue weighted by molar-refractivity contribution is -0.145. The Bertz CT molecular complexity index is 1590. The maximum Gasteiger partial charge on any atom is 0.344 e. The van der Waals surface area contributed by atoms with Crippen LogP contribution in [0.3, 0.4) is 0 Å². The number of hydrogen-bond acceptors (Lipinski definition) is 7. The van der Waals surface area contributed by atoms with Gasteiger partial charge in [-0.25, -0.2) is 9.78 Å². The number of carbonyl (C=O) groups excluding carboxylic acids is 1. The quantitative estimate of drug-likeness (QED) is 0.195. The number of rotatable bonds is 10. The number of carbonyl (C=O) groups is 1. The van der Waals surface area contributed by atoms with Crippen LogP contribution >= 0.6 is 0 Å². The SMILES string of the molecule is CCOC(=O)COc1cc(-c2ccccc2)nc(-c2ccc3cc(OCc4ccccc4OC)ccc3c2)n1. The van der Waals surface area contributed by atoms with Gasteiger partial charge in [0.05, 0.1) is 19.4 Å². The first-order valence-corrected chi connectivity index (χ1v) is 12.6. The molecule has 0 fully saturated rings. The molecule has 0 amide bonds. The summed E-state index contributed by atoms with van der Waals surface area (Å²) in [5.41, 5.74) is 3.41. The fourth-order valence-corrected chi connectivity index (χ4v) is 4.16. The minimum absolute atomic E-state index is 0.228. The first-order chi connectivity index (χ1) is 19.1. The molecule has 0 atom stereocenters. The fourth-order valence-electron chi connectivity index (χ4n) is 4.16. The second kappa shape index (κ2) is 12.1. The molecule has 1 heterocycles. The van der Waals surface area contributed by atoms with E-state index in [1.165, 1.54) is 0 Å². The zero-order chi connectivity index (χ0) is 27.0. The second-order valence-electron chi connectivity index (χ2n) is 8.70. The highest BCUT2D eigenvalue weighted by atomic mass is 16.6. The molecule has 196 valence electrons. The van der Waals surface area contributed by atoms with Crippen molar-refractivity contribution in [1.29, 1.82) is 0 Å². The van der Waals surface area contributed by atoms with Crippen molar-refractivity contribution in [3.05, 3.63) is 103 Å². The van der Waals surface area contributed by atoms with Gasteiger partial charge in [0.1, 0.15) is 18.1 Å². The first kappa shape index (κ1) is 25.7. The molecule has 0 N–H and O–H groups in total. The van der Waals surface area contributed by atoms with Gasteiger partial charge in [-0.15, -0.1) is 0 Å². The Morgan fingerprint density at radius 2 is 1.54 bits per heavy atom. The van der Waals surface area contributed by atoms with Crippen molar-refractivity contribution in [1.82, 2.24) is 9.97 Å². The van der Waals surface area contributed by atoms with Crippen molar-refractivity contribution in [2.24, 2.45) is 0 Å². The Morgan fingerprint density at radius 1 is 0.769 bits per heavy atom. The van der Waals surface area contributed by atoms with Crippen LogP contribution in [0, 0.1) is 0 Å². The van der Waals surface area contributed by atoms with Gasteiger partial charge in [-0.1, -0.05) is 66.7 Å². The van der Waals surface area contributed by atoms with E-state index >= 15 is 0 Å². The van der Waals surface area contributed by atoms with Crippen LogP contribution in [0.1, 0.15) is 12.5 Å². The zero-order valence-corrected chi connectivity index (χ0v) is 21.8. The normalized spacial score (nSPS) is 10.7. The third-order valence-electron chi connectivity index (χ3n) is 6.07. The van der Waals surface area contributed by atoms with Crippen molar-refractivity contribution in [3.8, 4) is 40.0 Å². The molecule has 0 unspecified atom stereocenters. The number of nitrogens with zero attached hydrogens (tertiary/aromatic N) is 2. The Morgan fingerprint density at radius 3 is 2.36 bits per heavy atom. The average Bonchev–Trinajstić information content (AvgIpc) is 2.99. The summed E-state index contributed by atoms with van der Waals surface area (Å²) in [5, 5.41) is 2.04. The Balaban J connectivity index is 1.41. The maximum absolute atomic E-state index is 11.9. The number of ether oxygens (including phenoxy) is 4. The van der Waals surface area contributed by atoms with E-state index < -0.39 is 5.97 Å². The molecule has 0 aliphatic heterocycles. The average molecular weight is 521 g/mol. The molecule has 0 saturated heterocycles. The van der Waals surface area contributed by atoms with E-state index in [9.17, 15) is 4.79 Å². The van der Waals surface area contributed by atoms with Crippen LogP contribution < -0.4 is 14.2 Å². The lowest BCUT2D eigenvalue weighted by atomic mass is 10.1. The highest BCUT2D eigenvalue weighted by molar-refractivity contribution is 5.87. The van der Waals surface area contributed by atoms with E-state index in [1.807, 2.05) is 91.0 Å². The van der Waals surface area contributed by atoms with Crippen LogP contribution in [0.25, 0.3) is 33.4 Å². The molecule has 0 spiro atoms. The second-order valence-corrected chi connectivity index (χ2v) is 8.70. The van der Waals surface area contributed by atoms with E-state index in [0.717, 1.165) is 39.0 Å². The van der Waals surface area contributed by atoms with E-state index in [4.69, 9.17) is 23.9 Å². The molecule has 0 aliphatic rings. The molecular formula is C32H28N2O5. The molecule has 5 rings (SSSR count). The minimum Gasteiger partial charge on any atom is -0.496 e. The predicted molar refractivity (Wildman–Crippen MR) is 150 cm³/mol. The van der Waals surface area contributed by atoms with Crippen molar-refractivity contribution in [2.75, 3.05) is 20.3 Å². The van der Waals surface area contributed by atoms with Gasteiger partial charge in [-0.05, 0) is 42.0 Å². The zero-order valence-electron chi connectivity index (χ0n) is 21.8. The summed E-state index contributed by atoms with van der Waals surface area (Å²) in [6.07, 6.45) is 0. The monoisotopic (exact) mass is 520 g/mol. The van der Waals surface area contributed by atoms with Crippen LogP contribution in [0.15, 0.2) is 97.1 Å². The molecule has 7 heteroatoms. The molecule has 4 aromatic carbocycles. The van der Waals surface area contributed by atoms with Gasteiger partial charge in [0.15, 0.2) is 12.4 Å². The number of methoxy groups -OCH3 is 1. The summed E-state index contributed by atoms with van der Waals surface area (Å²) in [7, 11) is 1.65. The van der Waals surface area contributed by atoms with E-state index in [2.05, 4.69) is 4.98 Å². The fraction of sp³-hybridized carbons (Fsp3) is 0.156. The number of benzene rings is 4. The smallest absolute Gasteiger partial charge is 0.344 e. The van der Waals surface area contributed by atoms with E-state index in [1.54, 1.807) is 20.1 Å². The lowest BCUT2D eigenvalue weighted by Gasteiger charge is -2.12. The molecular weight excluding hydrogens is 492 g/mol. The Labute approximate surface area is 227 Å². The summed E-state index contributed by atoms with van der Waals surface area (Å²) in [6.45, 7) is 2.22. The number of aromatic nitrogens is 2. The third-order valence-corrected chi connectivity index (χ3v) is 6.07.